The lowest BCUT2D eigenvalue weighted by atomic mass is 10.1. The third kappa shape index (κ3) is 2.96. The summed E-state index contributed by atoms with van der Waals surface area (Å²) in [6.45, 7) is 4.13. The highest BCUT2D eigenvalue weighted by Gasteiger charge is 2.11. The number of halogens is 1. The molecule has 0 saturated heterocycles. The van der Waals surface area contributed by atoms with Crippen molar-refractivity contribution in [2.75, 3.05) is 12.3 Å². The molecule has 0 fully saturated rings. The quantitative estimate of drug-likeness (QED) is 0.679. The molecule has 0 saturated carbocycles. The smallest absolute Gasteiger partial charge is 0.310 e. The van der Waals surface area contributed by atoms with Crippen molar-refractivity contribution in [1.29, 1.82) is 0 Å². The van der Waals surface area contributed by atoms with Gasteiger partial charge in [0, 0.05) is 10.2 Å². The van der Waals surface area contributed by atoms with Crippen LogP contribution in [0, 0.1) is 6.92 Å². The van der Waals surface area contributed by atoms with Gasteiger partial charge in [0.1, 0.15) is 0 Å². The van der Waals surface area contributed by atoms with E-state index in [0.717, 1.165) is 15.6 Å². The van der Waals surface area contributed by atoms with Crippen LogP contribution < -0.4 is 5.73 Å². The molecule has 0 unspecified atom stereocenters. The summed E-state index contributed by atoms with van der Waals surface area (Å²) in [4.78, 5) is 11.3. The lowest BCUT2D eigenvalue weighted by molar-refractivity contribution is -0.142. The van der Waals surface area contributed by atoms with Crippen molar-refractivity contribution >= 4 is 27.6 Å². The summed E-state index contributed by atoms with van der Waals surface area (Å²) in [6, 6.07) is 3.71. The van der Waals surface area contributed by atoms with Gasteiger partial charge in [-0.25, -0.2) is 0 Å². The van der Waals surface area contributed by atoms with E-state index in [4.69, 9.17) is 10.5 Å². The molecule has 1 aromatic rings. The van der Waals surface area contributed by atoms with Gasteiger partial charge in [0.15, 0.2) is 0 Å². The van der Waals surface area contributed by atoms with Gasteiger partial charge in [-0.1, -0.05) is 6.07 Å². The lowest BCUT2D eigenvalue weighted by Gasteiger charge is -2.10. The van der Waals surface area contributed by atoms with Gasteiger partial charge < -0.3 is 10.5 Å². The topological polar surface area (TPSA) is 52.3 Å². The average molecular weight is 272 g/mol. The molecule has 0 spiro atoms. The third-order valence-electron chi connectivity index (χ3n) is 2.13. The minimum atomic E-state index is -0.230. The number of nitrogens with two attached hydrogens (primary N) is 1. The van der Waals surface area contributed by atoms with E-state index in [0.29, 0.717) is 12.3 Å². The fourth-order valence-corrected chi connectivity index (χ4v) is 1.89. The minimum Gasteiger partial charge on any atom is -0.466 e. The van der Waals surface area contributed by atoms with Crippen LogP contribution in [0.15, 0.2) is 16.6 Å². The molecule has 1 aromatic carbocycles. The fourth-order valence-electron chi connectivity index (χ4n) is 1.31. The highest BCUT2D eigenvalue weighted by molar-refractivity contribution is 9.10. The minimum absolute atomic E-state index is 0.230. The molecule has 0 aromatic heterocycles. The summed E-state index contributed by atoms with van der Waals surface area (Å²) in [6.07, 6.45) is 0.255. The van der Waals surface area contributed by atoms with E-state index in [2.05, 4.69) is 15.9 Å². The largest absolute Gasteiger partial charge is 0.466 e. The second kappa shape index (κ2) is 5.16. The van der Waals surface area contributed by atoms with Crippen LogP contribution in [0.25, 0.3) is 0 Å². The zero-order valence-electron chi connectivity index (χ0n) is 8.84. The molecule has 0 atom stereocenters. The number of hydrogen-bond donors (Lipinski definition) is 1. The summed E-state index contributed by atoms with van der Waals surface area (Å²) in [5.41, 5.74) is 8.31. The monoisotopic (exact) mass is 271 g/mol. The Morgan fingerprint density at radius 3 is 2.80 bits per heavy atom. The van der Waals surface area contributed by atoms with E-state index in [9.17, 15) is 4.79 Å². The molecule has 0 bridgehead atoms. The summed E-state index contributed by atoms with van der Waals surface area (Å²) < 4.78 is 5.68. The Balaban J connectivity index is 2.93. The van der Waals surface area contributed by atoms with E-state index in [1.807, 2.05) is 19.1 Å². The van der Waals surface area contributed by atoms with Crippen LogP contribution in [0.3, 0.4) is 0 Å². The van der Waals surface area contributed by atoms with Crippen LogP contribution >= 0.6 is 15.9 Å². The number of anilines is 1. The van der Waals surface area contributed by atoms with Crippen LogP contribution in [-0.2, 0) is 16.0 Å². The molecular formula is C11H14BrNO2. The second-order valence-corrected chi connectivity index (χ2v) is 4.04. The Morgan fingerprint density at radius 2 is 2.20 bits per heavy atom. The number of esters is 1. The van der Waals surface area contributed by atoms with Crippen LogP contribution in [-0.4, -0.2) is 12.6 Å². The molecule has 3 nitrogen and oxygen atoms in total. The standard InChI is InChI=1S/C11H14BrNO2/c1-3-15-10(14)6-8-7(2)4-5-9(13)11(8)12/h4-5H,3,6,13H2,1-2H3. The van der Waals surface area contributed by atoms with Gasteiger partial charge in [-0.3, -0.25) is 4.79 Å². The molecule has 0 aliphatic carbocycles. The van der Waals surface area contributed by atoms with Crippen molar-refractivity contribution in [3.63, 3.8) is 0 Å². The van der Waals surface area contributed by atoms with Crippen molar-refractivity contribution in [2.45, 2.75) is 20.3 Å². The summed E-state index contributed by atoms with van der Waals surface area (Å²) >= 11 is 3.38. The molecule has 0 aliphatic rings. The molecule has 82 valence electrons. The summed E-state index contributed by atoms with van der Waals surface area (Å²) in [5.74, 6) is -0.230. The van der Waals surface area contributed by atoms with Gasteiger partial charge in [0.2, 0.25) is 0 Å². The number of rotatable bonds is 3. The molecule has 15 heavy (non-hydrogen) atoms. The molecule has 1 rings (SSSR count). The lowest BCUT2D eigenvalue weighted by Crippen LogP contribution is -2.09. The van der Waals surface area contributed by atoms with Crippen molar-refractivity contribution < 1.29 is 9.53 Å². The van der Waals surface area contributed by atoms with Gasteiger partial charge in [-0.05, 0) is 47.0 Å². The zero-order chi connectivity index (χ0) is 11.4. The van der Waals surface area contributed by atoms with Gasteiger partial charge in [0.05, 0.1) is 13.0 Å². The van der Waals surface area contributed by atoms with Crippen molar-refractivity contribution in [3.8, 4) is 0 Å². The molecule has 4 heteroatoms. The van der Waals surface area contributed by atoms with Gasteiger partial charge in [-0.2, -0.15) is 0 Å². The first kappa shape index (κ1) is 12.0. The summed E-state index contributed by atoms with van der Waals surface area (Å²) in [7, 11) is 0. The van der Waals surface area contributed by atoms with Gasteiger partial charge in [-0.15, -0.1) is 0 Å². The van der Waals surface area contributed by atoms with Crippen LogP contribution in [0.2, 0.25) is 0 Å². The van der Waals surface area contributed by atoms with Crippen LogP contribution in [0.1, 0.15) is 18.1 Å². The number of ether oxygens (including phenoxy) is 1. The van der Waals surface area contributed by atoms with Crippen molar-refractivity contribution in [1.82, 2.24) is 0 Å². The normalized spacial score (nSPS) is 10.1. The number of nitrogen functional groups attached to an aromatic ring is 1. The SMILES string of the molecule is CCOC(=O)Cc1c(C)ccc(N)c1Br. The van der Waals surface area contributed by atoms with E-state index in [-0.39, 0.29) is 12.4 Å². The maximum atomic E-state index is 11.3. The van der Waals surface area contributed by atoms with Crippen molar-refractivity contribution in [3.05, 3.63) is 27.7 Å². The fraction of sp³-hybridized carbons (Fsp3) is 0.364. The Kier molecular flexibility index (Phi) is 4.15. The van der Waals surface area contributed by atoms with E-state index < -0.39 is 0 Å². The number of carbonyl (C=O) groups is 1. The van der Waals surface area contributed by atoms with Crippen LogP contribution in [0.5, 0.6) is 0 Å². The Morgan fingerprint density at radius 1 is 1.53 bits per heavy atom. The molecule has 0 heterocycles. The first-order valence-corrected chi connectivity index (χ1v) is 5.54. The maximum absolute atomic E-state index is 11.3. The Hall–Kier alpha value is -1.03. The third-order valence-corrected chi connectivity index (χ3v) is 3.07. The number of carbonyl (C=O) groups excluding carboxylic acids is 1. The van der Waals surface area contributed by atoms with Crippen LogP contribution in [0.4, 0.5) is 5.69 Å². The first-order valence-electron chi connectivity index (χ1n) is 4.75. The second-order valence-electron chi connectivity index (χ2n) is 3.25. The van der Waals surface area contributed by atoms with Gasteiger partial charge in [0.25, 0.3) is 0 Å². The average Bonchev–Trinajstić information content (AvgIpc) is 2.19. The molecule has 2 N–H and O–H groups in total. The predicted octanol–water partition coefficient (Wildman–Crippen LogP) is 2.45. The van der Waals surface area contributed by atoms with E-state index in [1.54, 1.807) is 6.92 Å². The van der Waals surface area contributed by atoms with Crippen molar-refractivity contribution in [2.24, 2.45) is 0 Å². The van der Waals surface area contributed by atoms with E-state index >= 15 is 0 Å². The molecular weight excluding hydrogens is 258 g/mol. The number of aryl methyl sites for hydroxylation is 1. The number of benzene rings is 1. The highest BCUT2D eigenvalue weighted by Crippen LogP contribution is 2.27. The molecule has 0 radical (unpaired) electrons. The molecule has 0 aliphatic heterocycles. The van der Waals surface area contributed by atoms with E-state index in [1.165, 1.54) is 0 Å². The van der Waals surface area contributed by atoms with Gasteiger partial charge >= 0.3 is 5.97 Å². The Bertz CT molecular complexity index is 377. The first-order chi connectivity index (χ1) is 7.06. The Labute approximate surface area is 97.7 Å². The maximum Gasteiger partial charge on any atom is 0.310 e. The summed E-state index contributed by atoms with van der Waals surface area (Å²) in [5, 5.41) is 0. The highest BCUT2D eigenvalue weighted by atomic mass is 79.9. The molecule has 0 amide bonds. The predicted molar refractivity (Wildman–Crippen MR) is 63.6 cm³/mol. The zero-order valence-corrected chi connectivity index (χ0v) is 10.4. The number of hydrogen-bond acceptors (Lipinski definition) is 3.